The van der Waals surface area contributed by atoms with Crippen molar-refractivity contribution in [1.82, 2.24) is 4.98 Å². The van der Waals surface area contributed by atoms with Gasteiger partial charge in [0.15, 0.2) is 0 Å². The van der Waals surface area contributed by atoms with E-state index >= 15 is 0 Å². The van der Waals surface area contributed by atoms with Gasteiger partial charge in [-0.15, -0.1) is 0 Å². The minimum Gasteiger partial charge on any atom is -0.398 e. The van der Waals surface area contributed by atoms with Gasteiger partial charge >= 0.3 is 0 Å². The molecular weight excluding hydrogens is 257 g/mol. The Morgan fingerprint density at radius 1 is 1.33 bits per heavy atom. The molecule has 0 radical (unpaired) electrons. The van der Waals surface area contributed by atoms with Crippen LogP contribution in [0.5, 0.6) is 0 Å². The molecule has 3 N–H and O–H groups in total. The van der Waals surface area contributed by atoms with Gasteiger partial charge in [0.1, 0.15) is 5.82 Å². The van der Waals surface area contributed by atoms with Crippen molar-refractivity contribution >= 4 is 28.9 Å². The molecule has 92 valence electrons. The molecule has 6 heteroatoms. The average molecular weight is 266 g/mol. The van der Waals surface area contributed by atoms with E-state index in [-0.39, 0.29) is 5.56 Å². The standard InChI is InChI=1S/C12H9ClFN3O/c13-10-4-9(1-2-11(10)15)17-12(18)7-3-8(14)6-16-5-7/h1-6H,15H2,(H,17,18). The van der Waals surface area contributed by atoms with Crippen molar-refractivity contribution in [2.45, 2.75) is 0 Å². The van der Waals surface area contributed by atoms with Gasteiger partial charge in [0.2, 0.25) is 0 Å². The van der Waals surface area contributed by atoms with E-state index < -0.39 is 11.7 Å². The van der Waals surface area contributed by atoms with E-state index in [1.54, 1.807) is 12.1 Å². The third-order valence-corrected chi connectivity index (χ3v) is 2.55. The zero-order valence-electron chi connectivity index (χ0n) is 9.15. The Morgan fingerprint density at radius 2 is 2.11 bits per heavy atom. The Morgan fingerprint density at radius 3 is 2.78 bits per heavy atom. The van der Waals surface area contributed by atoms with Crippen molar-refractivity contribution in [3.63, 3.8) is 0 Å². The largest absolute Gasteiger partial charge is 0.398 e. The summed E-state index contributed by atoms with van der Waals surface area (Å²) in [6.07, 6.45) is 2.30. The number of carbonyl (C=O) groups excluding carboxylic acids is 1. The second-order valence-corrected chi connectivity index (χ2v) is 3.99. The third kappa shape index (κ3) is 2.75. The number of benzene rings is 1. The number of carbonyl (C=O) groups is 1. The molecule has 1 heterocycles. The molecule has 1 amide bonds. The van der Waals surface area contributed by atoms with Gasteiger partial charge in [-0.2, -0.15) is 0 Å². The number of nitrogens with one attached hydrogen (secondary N) is 1. The van der Waals surface area contributed by atoms with E-state index in [0.717, 1.165) is 12.3 Å². The van der Waals surface area contributed by atoms with Gasteiger partial charge in [0.25, 0.3) is 5.91 Å². The van der Waals surface area contributed by atoms with Gasteiger partial charge in [-0.05, 0) is 24.3 Å². The predicted molar refractivity (Wildman–Crippen MR) is 68.0 cm³/mol. The second-order valence-electron chi connectivity index (χ2n) is 3.58. The van der Waals surface area contributed by atoms with Crippen LogP contribution in [0.25, 0.3) is 0 Å². The van der Waals surface area contributed by atoms with Crippen molar-refractivity contribution in [1.29, 1.82) is 0 Å². The number of rotatable bonds is 2. The van der Waals surface area contributed by atoms with Crippen molar-refractivity contribution in [3.8, 4) is 0 Å². The highest BCUT2D eigenvalue weighted by Crippen LogP contribution is 2.22. The molecule has 0 spiro atoms. The molecule has 4 nitrogen and oxygen atoms in total. The molecule has 1 aromatic carbocycles. The minimum atomic E-state index is -0.571. The molecular formula is C12H9ClFN3O. The number of hydrogen-bond donors (Lipinski definition) is 2. The quantitative estimate of drug-likeness (QED) is 0.821. The van der Waals surface area contributed by atoms with Gasteiger partial charge in [0.05, 0.1) is 22.5 Å². The first kappa shape index (κ1) is 12.3. The molecule has 0 bridgehead atoms. The van der Waals surface area contributed by atoms with Crippen molar-refractivity contribution < 1.29 is 9.18 Å². The van der Waals surface area contributed by atoms with Gasteiger partial charge in [-0.25, -0.2) is 4.39 Å². The summed E-state index contributed by atoms with van der Waals surface area (Å²) in [5.41, 5.74) is 6.57. The van der Waals surface area contributed by atoms with Crippen LogP contribution in [0.3, 0.4) is 0 Å². The first-order chi connectivity index (χ1) is 8.56. The molecule has 0 saturated heterocycles. The summed E-state index contributed by atoms with van der Waals surface area (Å²) in [6, 6.07) is 5.79. The lowest BCUT2D eigenvalue weighted by molar-refractivity contribution is 0.102. The molecule has 0 unspecified atom stereocenters. The first-order valence-corrected chi connectivity index (χ1v) is 5.41. The van der Waals surface area contributed by atoms with Crippen LogP contribution in [-0.2, 0) is 0 Å². The van der Waals surface area contributed by atoms with Crippen LogP contribution in [0, 0.1) is 5.82 Å². The minimum absolute atomic E-state index is 0.128. The van der Waals surface area contributed by atoms with Gasteiger partial charge < -0.3 is 11.1 Å². The molecule has 2 aromatic rings. The van der Waals surface area contributed by atoms with E-state index in [9.17, 15) is 9.18 Å². The summed E-state index contributed by atoms with van der Waals surface area (Å²) in [5, 5.41) is 2.91. The van der Waals surface area contributed by atoms with Gasteiger partial charge in [0, 0.05) is 11.9 Å². The summed E-state index contributed by atoms with van der Waals surface area (Å²) in [6.45, 7) is 0. The van der Waals surface area contributed by atoms with Crippen molar-refractivity contribution in [2.75, 3.05) is 11.1 Å². The van der Waals surface area contributed by atoms with Crippen LogP contribution < -0.4 is 11.1 Å². The van der Waals surface area contributed by atoms with Gasteiger partial charge in [-0.1, -0.05) is 11.6 Å². The molecule has 0 saturated carbocycles. The molecule has 0 aliphatic heterocycles. The van der Waals surface area contributed by atoms with Crippen LogP contribution in [0.4, 0.5) is 15.8 Å². The van der Waals surface area contributed by atoms with Crippen molar-refractivity contribution in [3.05, 3.63) is 53.1 Å². The smallest absolute Gasteiger partial charge is 0.257 e. The van der Waals surface area contributed by atoms with Gasteiger partial charge in [-0.3, -0.25) is 9.78 Å². The highest BCUT2D eigenvalue weighted by Gasteiger charge is 2.08. The highest BCUT2D eigenvalue weighted by molar-refractivity contribution is 6.33. The number of nitrogens with two attached hydrogens (primary N) is 1. The van der Waals surface area contributed by atoms with E-state index in [1.807, 2.05) is 0 Å². The number of hydrogen-bond acceptors (Lipinski definition) is 3. The summed E-state index contributed by atoms with van der Waals surface area (Å²) in [7, 11) is 0. The fourth-order valence-corrected chi connectivity index (χ4v) is 1.52. The fourth-order valence-electron chi connectivity index (χ4n) is 1.34. The monoisotopic (exact) mass is 265 g/mol. The molecule has 2 rings (SSSR count). The lowest BCUT2D eigenvalue weighted by atomic mass is 10.2. The summed E-state index contributed by atoms with van der Waals surface area (Å²) in [4.78, 5) is 15.4. The first-order valence-electron chi connectivity index (χ1n) is 5.03. The Hall–Kier alpha value is -2.14. The Balaban J connectivity index is 2.18. The lowest BCUT2D eigenvalue weighted by Gasteiger charge is -2.06. The SMILES string of the molecule is Nc1ccc(NC(=O)c2cncc(F)c2)cc1Cl. The zero-order chi connectivity index (χ0) is 13.1. The van der Waals surface area contributed by atoms with Crippen LogP contribution in [0.2, 0.25) is 5.02 Å². The van der Waals surface area contributed by atoms with Crippen molar-refractivity contribution in [2.24, 2.45) is 0 Å². The summed E-state index contributed by atoms with van der Waals surface area (Å²) < 4.78 is 12.9. The summed E-state index contributed by atoms with van der Waals surface area (Å²) in [5.74, 6) is -1.04. The highest BCUT2D eigenvalue weighted by atomic mass is 35.5. The molecule has 1 aromatic heterocycles. The number of nitrogen functional groups attached to an aromatic ring is 1. The molecule has 18 heavy (non-hydrogen) atoms. The molecule has 0 atom stereocenters. The predicted octanol–water partition coefficient (Wildman–Crippen LogP) is 2.71. The van der Waals surface area contributed by atoms with E-state index in [0.29, 0.717) is 16.4 Å². The second kappa shape index (κ2) is 5.01. The van der Waals surface area contributed by atoms with Crippen LogP contribution >= 0.6 is 11.6 Å². The molecule has 0 fully saturated rings. The van der Waals surface area contributed by atoms with E-state index in [2.05, 4.69) is 10.3 Å². The lowest BCUT2D eigenvalue weighted by Crippen LogP contribution is -2.12. The number of aromatic nitrogens is 1. The number of nitrogens with zero attached hydrogens (tertiary/aromatic N) is 1. The Labute approximate surface area is 108 Å². The fraction of sp³-hybridized carbons (Fsp3) is 0. The molecule has 0 aliphatic rings. The molecule has 0 aliphatic carbocycles. The van der Waals surface area contributed by atoms with E-state index in [4.69, 9.17) is 17.3 Å². The maximum Gasteiger partial charge on any atom is 0.257 e. The van der Waals surface area contributed by atoms with Crippen LogP contribution in [0.1, 0.15) is 10.4 Å². The topological polar surface area (TPSA) is 68.0 Å². The average Bonchev–Trinajstić information content (AvgIpc) is 2.34. The number of pyridine rings is 1. The number of anilines is 2. The third-order valence-electron chi connectivity index (χ3n) is 2.23. The van der Waals surface area contributed by atoms with E-state index in [1.165, 1.54) is 12.3 Å². The van der Waals surface area contributed by atoms with Crippen LogP contribution in [-0.4, -0.2) is 10.9 Å². The maximum absolute atomic E-state index is 12.9. The maximum atomic E-state index is 12.9. The number of amides is 1. The normalized spacial score (nSPS) is 10.1. The Kier molecular flexibility index (Phi) is 3.43. The Bertz CT molecular complexity index is 604. The zero-order valence-corrected chi connectivity index (χ0v) is 9.91. The van der Waals surface area contributed by atoms with Crippen LogP contribution in [0.15, 0.2) is 36.7 Å². The number of halogens is 2. The summed E-state index contributed by atoms with van der Waals surface area (Å²) >= 11 is 5.82.